The van der Waals surface area contributed by atoms with Crippen molar-refractivity contribution in [3.05, 3.63) is 67.6 Å². The van der Waals surface area contributed by atoms with Crippen molar-refractivity contribution in [2.75, 3.05) is 0 Å². The summed E-state index contributed by atoms with van der Waals surface area (Å²) in [4.78, 5) is 12.2. The summed E-state index contributed by atoms with van der Waals surface area (Å²) < 4.78 is 0. The van der Waals surface area contributed by atoms with Crippen LogP contribution in [-0.4, -0.2) is 5.78 Å². The van der Waals surface area contributed by atoms with Crippen LogP contribution in [0.25, 0.3) is 0 Å². The standard InChI is InChI=1S/C13H6Cl4O/c14-8-2-3-9(11(16)6-8)13(18)7-1-4-10(15)12(17)5-7/h1-6H. The summed E-state index contributed by atoms with van der Waals surface area (Å²) in [6.45, 7) is 0. The van der Waals surface area contributed by atoms with Crippen molar-refractivity contribution >= 4 is 52.2 Å². The molecule has 0 saturated carbocycles. The SMILES string of the molecule is O=C(c1ccc(Cl)c(Cl)c1)c1ccc(Cl)cc1Cl. The molecular weight excluding hydrogens is 314 g/mol. The van der Waals surface area contributed by atoms with Gasteiger partial charge in [0.15, 0.2) is 5.78 Å². The first kappa shape index (κ1) is 13.7. The Kier molecular flexibility index (Phi) is 4.18. The highest BCUT2D eigenvalue weighted by molar-refractivity contribution is 6.42. The molecule has 0 aromatic heterocycles. The highest BCUT2D eigenvalue weighted by Crippen LogP contribution is 2.27. The largest absolute Gasteiger partial charge is 0.289 e. The first-order valence-corrected chi connectivity index (χ1v) is 6.45. The third-order valence-electron chi connectivity index (χ3n) is 2.36. The molecule has 1 nitrogen and oxygen atoms in total. The van der Waals surface area contributed by atoms with Gasteiger partial charge in [0.1, 0.15) is 0 Å². The number of hydrogen-bond acceptors (Lipinski definition) is 1. The Labute approximate surface area is 124 Å². The van der Waals surface area contributed by atoms with E-state index in [0.717, 1.165) is 0 Å². The van der Waals surface area contributed by atoms with Gasteiger partial charge in [0.25, 0.3) is 0 Å². The van der Waals surface area contributed by atoms with Crippen LogP contribution in [0.3, 0.4) is 0 Å². The Morgan fingerprint density at radius 2 is 1.50 bits per heavy atom. The number of benzene rings is 2. The van der Waals surface area contributed by atoms with Crippen LogP contribution in [0.1, 0.15) is 15.9 Å². The summed E-state index contributed by atoms with van der Waals surface area (Å²) in [6.07, 6.45) is 0. The molecule has 0 spiro atoms. The summed E-state index contributed by atoms with van der Waals surface area (Å²) in [5.41, 5.74) is 0.799. The van der Waals surface area contributed by atoms with Crippen molar-refractivity contribution in [2.45, 2.75) is 0 Å². The van der Waals surface area contributed by atoms with Gasteiger partial charge >= 0.3 is 0 Å². The van der Waals surface area contributed by atoms with Crippen LogP contribution in [0.15, 0.2) is 36.4 Å². The molecule has 0 heterocycles. The van der Waals surface area contributed by atoms with Gasteiger partial charge in [0, 0.05) is 16.1 Å². The molecule has 0 saturated heterocycles. The Hall–Kier alpha value is -0.730. The second-order valence-electron chi connectivity index (χ2n) is 3.58. The molecule has 0 aliphatic carbocycles. The Balaban J connectivity index is 2.44. The zero-order chi connectivity index (χ0) is 13.3. The van der Waals surface area contributed by atoms with Gasteiger partial charge in [-0.3, -0.25) is 4.79 Å². The topological polar surface area (TPSA) is 17.1 Å². The molecule has 2 aromatic rings. The normalized spacial score (nSPS) is 10.4. The van der Waals surface area contributed by atoms with Gasteiger partial charge in [-0.1, -0.05) is 46.4 Å². The highest BCUT2D eigenvalue weighted by atomic mass is 35.5. The minimum atomic E-state index is -0.227. The van der Waals surface area contributed by atoms with Crippen LogP contribution in [0.5, 0.6) is 0 Å². The van der Waals surface area contributed by atoms with E-state index in [1.54, 1.807) is 24.3 Å². The van der Waals surface area contributed by atoms with Crippen molar-refractivity contribution < 1.29 is 4.79 Å². The molecule has 0 atom stereocenters. The third-order valence-corrected chi connectivity index (χ3v) is 3.64. The van der Waals surface area contributed by atoms with Crippen LogP contribution in [0.4, 0.5) is 0 Å². The number of halogens is 4. The monoisotopic (exact) mass is 318 g/mol. The molecule has 0 aliphatic rings. The zero-order valence-electron chi connectivity index (χ0n) is 8.88. The third kappa shape index (κ3) is 2.81. The predicted molar refractivity (Wildman–Crippen MR) is 76.4 cm³/mol. The van der Waals surface area contributed by atoms with Gasteiger partial charge in [-0.25, -0.2) is 0 Å². The molecule has 0 unspecified atom stereocenters. The number of carbonyl (C=O) groups is 1. The molecule has 0 radical (unpaired) electrons. The molecular formula is C13H6Cl4O. The van der Waals surface area contributed by atoms with Crippen molar-refractivity contribution in [1.29, 1.82) is 0 Å². The molecule has 0 fully saturated rings. The quantitative estimate of drug-likeness (QED) is 0.665. The van der Waals surface area contributed by atoms with Crippen molar-refractivity contribution in [3.8, 4) is 0 Å². The van der Waals surface area contributed by atoms with Gasteiger partial charge < -0.3 is 0 Å². The fourth-order valence-corrected chi connectivity index (χ4v) is 2.26. The van der Waals surface area contributed by atoms with Crippen LogP contribution in [-0.2, 0) is 0 Å². The number of ketones is 1. The molecule has 2 rings (SSSR count). The second kappa shape index (κ2) is 5.50. The van der Waals surface area contributed by atoms with E-state index in [4.69, 9.17) is 46.4 Å². The first-order chi connectivity index (χ1) is 8.49. The fraction of sp³-hybridized carbons (Fsp3) is 0. The average molecular weight is 320 g/mol. The molecule has 2 aromatic carbocycles. The fourth-order valence-electron chi connectivity index (χ4n) is 1.47. The molecule has 0 bridgehead atoms. The maximum Gasteiger partial charge on any atom is 0.194 e. The summed E-state index contributed by atoms with van der Waals surface area (Å²) in [6, 6.07) is 9.39. The molecule has 0 aliphatic heterocycles. The Bertz CT molecular complexity index is 622. The van der Waals surface area contributed by atoms with Crippen LogP contribution in [0.2, 0.25) is 20.1 Å². The summed E-state index contributed by atoms with van der Waals surface area (Å²) in [7, 11) is 0. The lowest BCUT2D eigenvalue weighted by atomic mass is 10.0. The highest BCUT2D eigenvalue weighted by Gasteiger charge is 2.14. The first-order valence-electron chi connectivity index (χ1n) is 4.94. The Morgan fingerprint density at radius 3 is 2.11 bits per heavy atom. The lowest BCUT2D eigenvalue weighted by Crippen LogP contribution is -2.02. The molecule has 0 amide bonds. The van der Waals surface area contributed by atoms with Gasteiger partial charge in [0.05, 0.1) is 15.1 Å². The van der Waals surface area contributed by atoms with E-state index < -0.39 is 0 Å². The van der Waals surface area contributed by atoms with Gasteiger partial charge in [-0.2, -0.15) is 0 Å². The van der Waals surface area contributed by atoms with E-state index in [1.165, 1.54) is 12.1 Å². The lowest BCUT2D eigenvalue weighted by Gasteiger charge is -2.05. The maximum absolute atomic E-state index is 12.2. The summed E-state index contributed by atoms with van der Waals surface area (Å²) >= 11 is 23.4. The molecule has 0 N–H and O–H groups in total. The van der Waals surface area contributed by atoms with E-state index in [1.807, 2.05) is 0 Å². The van der Waals surface area contributed by atoms with E-state index in [9.17, 15) is 4.79 Å². The van der Waals surface area contributed by atoms with Gasteiger partial charge in [-0.15, -0.1) is 0 Å². The van der Waals surface area contributed by atoms with Gasteiger partial charge in [0.2, 0.25) is 0 Å². The zero-order valence-corrected chi connectivity index (χ0v) is 11.9. The van der Waals surface area contributed by atoms with E-state index in [0.29, 0.717) is 31.2 Å². The predicted octanol–water partition coefficient (Wildman–Crippen LogP) is 5.53. The van der Waals surface area contributed by atoms with Crippen LogP contribution >= 0.6 is 46.4 Å². The van der Waals surface area contributed by atoms with Crippen molar-refractivity contribution in [2.24, 2.45) is 0 Å². The maximum atomic E-state index is 12.2. The van der Waals surface area contributed by atoms with E-state index in [2.05, 4.69) is 0 Å². The van der Waals surface area contributed by atoms with Crippen LogP contribution < -0.4 is 0 Å². The average Bonchev–Trinajstić information content (AvgIpc) is 2.32. The van der Waals surface area contributed by atoms with Crippen molar-refractivity contribution in [3.63, 3.8) is 0 Å². The smallest absolute Gasteiger partial charge is 0.194 e. The van der Waals surface area contributed by atoms with Gasteiger partial charge in [-0.05, 0) is 36.4 Å². The second-order valence-corrected chi connectivity index (χ2v) is 5.24. The molecule has 5 heteroatoms. The van der Waals surface area contributed by atoms with Crippen molar-refractivity contribution in [1.82, 2.24) is 0 Å². The number of hydrogen-bond donors (Lipinski definition) is 0. The number of rotatable bonds is 2. The van der Waals surface area contributed by atoms with E-state index in [-0.39, 0.29) is 5.78 Å². The minimum Gasteiger partial charge on any atom is -0.289 e. The minimum absolute atomic E-state index is 0.227. The van der Waals surface area contributed by atoms with E-state index >= 15 is 0 Å². The molecule has 18 heavy (non-hydrogen) atoms. The Morgan fingerprint density at radius 1 is 0.778 bits per heavy atom. The number of carbonyl (C=O) groups excluding carboxylic acids is 1. The summed E-state index contributed by atoms with van der Waals surface area (Å²) in [5.74, 6) is -0.227. The lowest BCUT2D eigenvalue weighted by molar-refractivity contribution is 0.103. The summed E-state index contributed by atoms with van der Waals surface area (Å²) in [5, 5.41) is 1.51. The van der Waals surface area contributed by atoms with Crippen LogP contribution in [0, 0.1) is 0 Å². The molecule has 92 valence electrons.